The maximum absolute atomic E-state index is 11.8. The molecule has 7 nitrogen and oxygen atoms in total. The van der Waals surface area contributed by atoms with Crippen molar-refractivity contribution in [1.29, 1.82) is 0 Å². The molecule has 0 unspecified atom stereocenters. The fourth-order valence-corrected chi connectivity index (χ4v) is 1.75. The van der Waals surface area contributed by atoms with Crippen LogP contribution in [0.3, 0.4) is 0 Å². The molecule has 0 aliphatic heterocycles. The number of carbonyl (C=O) groups excluding carboxylic acids is 1. The summed E-state index contributed by atoms with van der Waals surface area (Å²) in [6.45, 7) is -0.0527. The Balaban J connectivity index is 2.10. The molecule has 2 aromatic rings. The second-order valence-corrected chi connectivity index (χ2v) is 4.37. The molecular weight excluding hydrogens is 278 g/mol. The summed E-state index contributed by atoms with van der Waals surface area (Å²) in [4.78, 5) is 34.1. The number of carboxylic acids is 1. The highest BCUT2D eigenvalue weighted by Gasteiger charge is 2.15. The molecule has 21 heavy (non-hydrogen) atoms. The van der Waals surface area contributed by atoms with Crippen LogP contribution in [0.5, 0.6) is 0 Å². The summed E-state index contributed by atoms with van der Waals surface area (Å²) in [5.74, 6) is -2.17. The number of carbonyl (C=O) groups is 2. The number of carboxylic acid groups (broad SMARTS) is 1. The SMILES string of the molecule is O=C(NCC[C@H](O)C(=O)O)c1cc(=O)c2ccccc2o1. The molecule has 0 spiro atoms. The Bertz CT molecular complexity index is 736. The summed E-state index contributed by atoms with van der Waals surface area (Å²) in [6.07, 6.45) is -1.69. The van der Waals surface area contributed by atoms with Gasteiger partial charge in [-0.15, -0.1) is 0 Å². The second kappa shape index (κ2) is 6.19. The number of nitrogens with one attached hydrogen (secondary N) is 1. The number of hydrogen-bond acceptors (Lipinski definition) is 5. The predicted molar refractivity (Wildman–Crippen MR) is 73.1 cm³/mol. The third-order valence-corrected chi connectivity index (χ3v) is 2.85. The van der Waals surface area contributed by atoms with Crippen molar-refractivity contribution >= 4 is 22.8 Å². The first-order chi connectivity index (χ1) is 9.99. The van der Waals surface area contributed by atoms with Crippen LogP contribution >= 0.6 is 0 Å². The number of hydrogen-bond donors (Lipinski definition) is 3. The van der Waals surface area contributed by atoms with Gasteiger partial charge in [0.2, 0.25) is 0 Å². The number of aliphatic hydroxyl groups excluding tert-OH is 1. The number of amides is 1. The average Bonchev–Trinajstić information content (AvgIpc) is 2.46. The van der Waals surface area contributed by atoms with Gasteiger partial charge in [0, 0.05) is 19.0 Å². The number of aliphatic hydroxyl groups is 1. The Kier molecular flexibility index (Phi) is 4.34. The normalized spacial score (nSPS) is 12.0. The van der Waals surface area contributed by atoms with Gasteiger partial charge in [-0.1, -0.05) is 12.1 Å². The van der Waals surface area contributed by atoms with E-state index in [2.05, 4.69) is 5.32 Å². The number of fused-ring (bicyclic) bond motifs is 1. The van der Waals surface area contributed by atoms with Gasteiger partial charge in [-0.25, -0.2) is 4.79 Å². The minimum absolute atomic E-state index is 0.0527. The zero-order chi connectivity index (χ0) is 15.4. The molecule has 2 rings (SSSR count). The molecular formula is C14H13NO6. The number of para-hydroxylation sites is 1. The van der Waals surface area contributed by atoms with Crippen LogP contribution in [0.2, 0.25) is 0 Å². The van der Waals surface area contributed by atoms with Crippen molar-refractivity contribution in [3.05, 3.63) is 46.3 Å². The molecule has 0 saturated heterocycles. The monoisotopic (exact) mass is 291 g/mol. The fourth-order valence-electron chi connectivity index (χ4n) is 1.75. The molecule has 0 aliphatic carbocycles. The molecule has 0 radical (unpaired) electrons. The van der Waals surface area contributed by atoms with E-state index in [4.69, 9.17) is 14.6 Å². The van der Waals surface area contributed by atoms with Gasteiger partial charge in [-0.05, 0) is 12.1 Å². The quantitative estimate of drug-likeness (QED) is 0.732. The minimum atomic E-state index is -1.55. The van der Waals surface area contributed by atoms with Crippen molar-refractivity contribution in [2.75, 3.05) is 6.54 Å². The van der Waals surface area contributed by atoms with Gasteiger partial charge in [-0.2, -0.15) is 0 Å². The maximum atomic E-state index is 11.8. The first-order valence-electron chi connectivity index (χ1n) is 6.21. The molecule has 1 aromatic carbocycles. The van der Waals surface area contributed by atoms with E-state index >= 15 is 0 Å². The van der Waals surface area contributed by atoms with Gasteiger partial charge in [0.1, 0.15) is 5.58 Å². The molecule has 1 heterocycles. The molecule has 1 atom stereocenters. The van der Waals surface area contributed by atoms with Crippen molar-refractivity contribution in [2.45, 2.75) is 12.5 Å². The van der Waals surface area contributed by atoms with Crippen LogP contribution in [0.15, 0.2) is 39.5 Å². The van der Waals surface area contributed by atoms with Crippen LogP contribution in [0, 0.1) is 0 Å². The van der Waals surface area contributed by atoms with Crippen molar-refractivity contribution < 1.29 is 24.2 Å². The first kappa shape index (κ1) is 14.7. The summed E-state index contributed by atoms with van der Waals surface area (Å²) >= 11 is 0. The Labute approximate surface area is 118 Å². The third-order valence-electron chi connectivity index (χ3n) is 2.85. The van der Waals surface area contributed by atoms with E-state index in [1.807, 2.05) is 0 Å². The highest BCUT2D eigenvalue weighted by Crippen LogP contribution is 2.11. The Morgan fingerprint density at radius 2 is 2.00 bits per heavy atom. The lowest BCUT2D eigenvalue weighted by Crippen LogP contribution is -2.30. The van der Waals surface area contributed by atoms with Crippen molar-refractivity contribution in [2.24, 2.45) is 0 Å². The van der Waals surface area contributed by atoms with Crippen LogP contribution in [-0.2, 0) is 4.79 Å². The third kappa shape index (κ3) is 3.46. The molecule has 1 amide bonds. The molecule has 0 saturated carbocycles. The largest absolute Gasteiger partial charge is 0.479 e. The second-order valence-electron chi connectivity index (χ2n) is 4.37. The van der Waals surface area contributed by atoms with Crippen LogP contribution in [-0.4, -0.2) is 34.7 Å². The zero-order valence-electron chi connectivity index (χ0n) is 10.9. The van der Waals surface area contributed by atoms with Gasteiger partial charge in [0.25, 0.3) is 5.91 Å². The van der Waals surface area contributed by atoms with E-state index in [1.165, 1.54) is 0 Å². The summed E-state index contributed by atoms with van der Waals surface area (Å²) in [5, 5.41) is 20.3. The zero-order valence-corrected chi connectivity index (χ0v) is 10.9. The van der Waals surface area contributed by atoms with E-state index in [0.29, 0.717) is 11.0 Å². The van der Waals surface area contributed by atoms with Gasteiger partial charge < -0.3 is 19.9 Å². The summed E-state index contributed by atoms with van der Waals surface area (Å²) in [5.41, 5.74) is -0.0479. The predicted octanol–water partition coefficient (Wildman–Crippen LogP) is 0.358. The number of aliphatic carboxylic acids is 1. The topological polar surface area (TPSA) is 117 Å². The highest BCUT2D eigenvalue weighted by molar-refractivity contribution is 5.93. The van der Waals surface area contributed by atoms with Gasteiger partial charge in [-0.3, -0.25) is 9.59 Å². The highest BCUT2D eigenvalue weighted by atomic mass is 16.4. The smallest absolute Gasteiger partial charge is 0.332 e. The minimum Gasteiger partial charge on any atom is -0.479 e. The van der Waals surface area contributed by atoms with Crippen LogP contribution in [0.4, 0.5) is 0 Å². The molecule has 0 bridgehead atoms. The molecule has 110 valence electrons. The molecule has 3 N–H and O–H groups in total. The maximum Gasteiger partial charge on any atom is 0.332 e. The van der Waals surface area contributed by atoms with E-state index in [0.717, 1.165) is 6.07 Å². The van der Waals surface area contributed by atoms with Gasteiger partial charge in [0.15, 0.2) is 17.3 Å². The Morgan fingerprint density at radius 3 is 2.71 bits per heavy atom. The standard InChI is InChI=1S/C14H13NO6/c16-9(14(19)20)5-6-15-13(18)12-7-10(17)8-3-1-2-4-11(8)21-12/h1-4,7,9,16H,5-6H2,(H,15,18)(H,19,20)/t9-/m0/s1. The Hall–Kier alpha value is -2.67. The van der Waals surface area contributed by atoms with Crippen LogP contribution < -0.4 is 10.7 Å². The van der Waals surface area contributed by atoms with Crippen molar-refractivity contribution in [3.63, 3.8) is 0 Å². The van der Waals surface area contributed by atoms with E-state index in [-0.39, 0.29) is 24.2 Å². The van der Waals surface area contributed by atoms with Gasteiger partial charge in [0.05, 0.1) is 5.39 Å². The number of rotatable bonds is 5. The Morgan fingerprint density at radius 1 is 1.29 bits per heavy atom. The summed E-state index contributed by atoms with van der Waals surface area (Å²) < 4.78 is 5.32. The molecule has 0 aliphatic rings. The first-order valence-corrected chi connectivity index (χ1v) is 6.21. The van der Waals surface area contributed by atoms with E-state index in [9.17, 15) is 14.4 Å². The molecule has 7 heteroatoms. The lowest BCUT2D eigenvalue weighted by molar-refractivity contribution is -0.146. The van der Waals surface area contributed by atoms with E-state index < -0.39 is 18.0 Å². The van der Waals surface area contributed by atoms with Crippen molar-refractivity contribution in [3.8, 4) is 0 Å². The molecule has 1 aromatic heterocycles. The van der Waals surface area contributed by atoms with Gasteiger partial charge >= 0.3 is 5.97 Å². The van der Waals surface area contributed by atoms with Crippen molar-refractivity contribution in [1.82, 2.24) is 5.32 Å². The van der Waals surface area contributed by atoms with E-state index in [1.54, 1.807) is 24.3 Å². The van der Waals surface area contributed by atoms with Crippen LogP contribution in [0.1, 0.15) is 17.0 Å². The molecule has 0 fully saturated rings. The van der Waals surface area contributed by atoms with Crippen LogP contribution in [0.25, 0.3) is 11.0 Å². The average molecular weight is 291 g/mol. The number of benzene rings is 1. The fraction of sp³-hybridized carbons (Fsp3) is 0.214. The summed E-state index contributed by atoms with van der Waals surface area (Å²) in [6, 6.07) is 7.60. The summed E-state index contributed by atoms with van der Waals surface area (Å²) in [7, 11) is 0. The lowest BCUT2D eigenvalue weighted by Gasteiger charge is -2.07. The lowest BCUT2D eigenvalue weighted by atomic mass is 10.2.